The standard InChI is InChI=1S/C29H26ClN7/c30-24-14-21(6-7-22(24)17-33-23-8-9-23)27-18-35-29-28(34-16-19-3-1-11-32-12-2-4-19)36-25-13-20(15-31)5-10-26(25)37(27)29/h1,4-7,10-14,18,23,33H,2-3,8-9,16-17H2,(H,34,36)/b11-1?,19-4+,32-12?. The van der Waals surface area contributed by atoms with Gasteiger partial charge in [-0.1, -0.05) is 41.5 Å². The number of nitrogens with one attached hydrogen (secondary N) is 2. The van der Waals surface area contributed by atoms with Gasteiger partial charge in [0.25, 0.3) is 0 Å². The Hall–Kier alpha value is -3.99. The minimum absolute atomic E-state index is 0.565. The van der Waals surface area contributed by atoms with Crippen LogP contribution in [0.25, 0.3) is 27.9 Å². The first-order chi connectivity index (χ1) is 18.2. The third-order valence-corrected chi connectivity index (χ3v) is 7.08. The zero-order valence-corrected chi connectivity index (χ0v) is 21.0. The predicted octanol–water partition coefficient (Wildman–Crippen LogP) is 6.04. The summed E-state index contributed by atoms with van der Waals surface area (Å²) in [5, 5.41) is 17.2. The van der Waals surface area contributed by atoms with Gasteiger partial charge in [0.2, 0.25) is 0 Å². The lowest BCUT2D eigenvalue weighted by Gasteiger charge is -2.14. The van der Waals surface area contributed by atoms with Crippen LogP contribution >= 0.6 is 11.6 Å². The fourth-order valence-corrected chi connectivity index (χ4v) is 4.80. The van der Waals surface area contributed by atoms with Crippen molar-refractivity contribution in [3.63, 3.8) is 0 Å². The fraction of sp³-hybridized carbons (Fsp3) is 0.241. The lowest BCUT2D eigenvalue weighted by atomic mass is 10.1. The topological polar surface area (TPSA) is 90.4 Å². The third-order valence-electron chi connectivity index (χ3n) is 6.73. The Bertz CT molecular complexity index is 1620. The number of allylic oxidation sites excluding steroid dienone is 2. The molecule has 2 N–H and O–H groups in total. The molecule has 184 valence electrons. The van der Waals surface area contributed by atoms with Gasteiger partial charge in [0, 0.05) is 48.6 Å². The molecule has 37 heavy (non-hydrogen) atoms. The normalized spacial score (nSPS) is 16.8. The van der Waals surface area contributed by atoms with Crippen molar-refractivity contribution in [1.82, 2.24) is 19.7 Å². The highest BCUT2D eigenvalue weighted by molar-refractivity contribution is 6.31. The lowest BCUT2D eigenvalue weighted by molar-refractivity contribution is 0.688. The Balaban J connectivity index is 1.40. The third kappa shape index (κ3) is 4.99. The number of aromatic nitrogens is 3. The van der Waals surface area contributed by atoms with Gasteiger partial charge < -0.3 is 10.6 Å². The molecule has 0 spiro atoms. The van der Waals surface area contributed by atoms with Crippen molar-refractivity contribution in [3.05, 3.63) is 82.7 Å². The Labute approximate surface area is 220 Å². The first kappa shape index (κ1) is 23.4. The van der Waals surface area contributed by atoms with Gasteiger partial charge in [0.15, 0.2) is 11.5 Å². The van der Waals surface area contributed by atoms with E-state index in [2.05, 4.69) is 44.3 Å². The number of aliphatic imine (C=N–C) groups is 1. The van der Waals surface area contributed by atoms with Crippen LogP contribution in [0.1, 0.15) is 36.8 Å². The van der Waals surface area contributed by atoms with Gasteiger partial charge in [-0.2, -0.15) is 5.26 Å². The average Bonchev–Trinajstić information content (AvgIpc) is 3.62. The summed E-state index contributed by atoms with van der Waals surface area (Å²) in [6, 6.07) is 14.6. The largest absolute Gasteiger partial charge is 0.363 e. The summed E-state index contributed by atoms with van der Waals surface area (Å²) in [6.07, 6.45) is 13.9. The van der Waals surface area contributed by atoms with Crippen LogP contribution in [0.3, 0.4) is 0 Å². The van der Waals surface area contributed by atoms with E-state index < -0.39 is 0 Å². The molecule has 2 aliphatic rings. The van der Waals surface area contributed by atoms with Crippen LogP contribution in [0.15, 0.2) is 71.5 Å². The molecule has 0 radical (unpaired) electrons. The molecular formula is C29H26ClN7. The Morgan fingerprint density at radius 1 is 1.14 bits per heavy atom. The van der Waals surface area contributed by atoms with Gasteiger partial charge in [-0.3, -0.25) is 9.39 Å². The van der Waals surface area contributed by atoms with E-state index in [1.54, 1.807) is 0 Å². The first-order valence-corrected chi connectivity index (χ1v) is 12.9. The Morgan fingerprint density at radius 3 is 2.89 bits per heavy atom. The number of nitrogens with zero attached hydrogens (tertiary/aromatic N) is 5. The van der Waals surface area contributed by atoms with Crippen molar-refractivity contribution in [1.29, 1.82) is 5.26 Å². The average molecular weight is 508 g/mol. The molecule has 2 aromatic carbocycles. The molecule has 7 nitrogen and oxygen atoms in total. The highest BCUT2D eigenvalue weighted by Crippen LogP contribution is 2.32. The Morgan fingerprint density at radius 2 is 2.05 bits per heavy atom. The van der Waals surface area contributed by atoms with Crippen molar-refractivity contribution in [2.45, 2.75) is 38.3 Å². The van der Waals surface area contributed by atoms with E-state index >= 15 is 0 Å². The van der Waals surface area contributed by atoms with E-state index in [-0.39, 0.29) is 0 Å². The molecule has 2 aromatic heterocycles. The number of rotatable bonds is 7. The van der Waals surface area contributed by atoms with Gasteiger partial charge >= 0.3 is 0 Å². The molecule has 1 saturated carbocycles. The maximum atomic E-state index is 9.48. The quantitative estimate of drug-likeness (QED) is 0.297. The monoisotopic (exact) mass is 507 g/mol. The number of nitriles is 1. The summed E-state index contributed by atoms with van der Waals surface area (Å²) in [5.41, 5.74) is 7.13. The first-order valence-electron chi connectivity index (χ1n) is 12.5. The van der Waals surface area contributed by atoms with E-state index in [4.69, 9.17) is 21.6 Å². The van der Waals surface area contributed by atoms with Crippen LogP contribution in [-0.4, -0.2) is 33.2 Å². The number of halogens is 1. The second-order valence-corrected chi connectivity index (χ2v) is 9.82. The van der Waals surface area contributed by atoms with Crippen molar-refractivity contribution >= 4 is 40.3 Å². The summed E-state index contributed by atoms with van der Waals surface area (Å²) in [6.45, 7) is 1.41. The van der Waals surface area contributed by atoms with E-state index in [9.17, 15) is 5.26 Å². The number of hydrogen-bond acceptors (Lipinski definition) is 6. The molecule has 0 atom stereocenters. The minimum Gasteiger partial charge on any atom is -0.363 e. The molecule has 6 rings (SSSR count). The smallest absolute Gasteiger partial charge is 0.181 e. The highest BCUT2D eigenvalue weighted by Gasteiger charge is 2.21. The number of imidazole rings is 1. The van der Waals surface area contributed by atoms with Gasteiger partial charge in [-0.25, -0.2) is 9.97 Å². The molecule has 4 aromatic rings. The molecule has 1 fully saturated rings. The number of fused-ring (bicyclic) bond motifs is 3. The summed E-state index contributed by atoms with van der Waals surface area (Å²) < 4.78 is 2.10. The molecule has 8 heteroatoms. The van der Waals surface area contributed by atoms with Crippen molar-refractivity contribution in [3.8, 4) is 17.3 Å². The SMILES string of the molecule is N#Cc1ccc2c(c1)nc(NC/C1=C/CC=NC=CC1)c1ncc(-c3ccc(CNC4CC4)c(Cl)c3)n12. The molecular weight excluding hydrogens is 482 g/mol. The van der Waals surface area contributed by atoms with Crippen molar-refractivity contribution in [2.24, 2.45) is 4.99 Å². The molecule has 1 aliphatic heterocycles. The molecule has 1 aliphatic carbocycles. The van der Waals surface area contributed by atoms with E-state index in [1.807, 2.05) is 49.0 Å². The highest BCUT2D eigenvalue weighted by atomic mass is 35.5. The number of anilines is 1. The van der Waals surface area contributed by atoms with Crippen LogP contribution in [0.4, 0.5) is 5.82 Å². The summed E-state index contributed by atoms with van der Waals surface area (Å²) >= 11 is 6.70. The van der Waals surface area contributed by atoms with Gasteiger partial charge in [-0.05, 0) is 49.1 Å². The van der Waals surface area contributed by atoms with Crippen molar-refractivity contribution in [2.75, 3.05) is 11.9 Å². The molecule has 0 bridgehead atoms. The molecule has 0 saturated heterocycles. The van der Waals surface area contributed by atoms with Gasteiger partial charge in [0.1, 0.15) is 0 Å². The summed E-state index contributed by atoms with van der Waals surface area (Å²) in [5.74, 6) is 0.672. The van der Waals surface area contributed by atoms with E-state index in [0.29, 0.717) is 24.0 Å². The van der Waals surface area contributed by atoms with Crippen LogP contribution in [0.5, 0.6) is 0 Å². The minimum atomic E-state index is 0.565. The van der Waals surface area contributed by atoms with E-state index in [0.717, 1.165) is 57.9 Å². The summed E-state index contributed by atoms with van der Waals surface area (Å²) in [7, 11) is 0. The lowest BCUT2D eigenvalue weighted by Crippen LogP contribution is -2.15. The predicted molar refractivity (Wildman–Crippen MR) is 149 cm³/mol. The maximum absolute atomic E-state index is 9.48. The zero-order chi connectivity index (χ0) is 25.2. The zero-order valence-electron chi connectivity index (χ0n) is 20.3. The maximum Gasteiger partial charge on any atom is 0.181 e. The Kier molecular flexibility index (Phi) is 6.44. The summed E-state index contributed by atoms with van der Waals surface area (Å²) in [4.78, 5) is 13.8. The van der Waals surface area contributed by atoms with Gasteiger partial charge in [-0.15, -0.1) is 0 Å². The fourth-order valence-electron chi connectivity index (χ4n) is 4.55. The van der Waals surface area contributed by atoms with Crippen LogP contribution in [0.2, 0.25) is 5.02 Å². The van der Waals surface area contributed by atoms with Crippen molar-refractivity contribution < 1.29 is 0 Å². The van der Waals surface area contributed by atoms with Gasteiger partial charge in [0.05, 0.1) is 34.6 Å². The number of hydrogen-bond donors (Lipinski definition) is 2. The van der Waals surface area contributed by atoms with E-state index in [1.165, 1.54) is 18.4 Å². The van der Waals surface area contributed by atoms with Crippen LogP contribution in [0, 0.1) is 11.3 Å². The molecule has 0 amide bonds. The van der Waals surface area contributed by atoms with Crippen LogP contribution < -0.4 is 10.6 Å². The van der Waals surface area contributed by atoms with Crippen LogP contribution in [-0.2, 0) is 6.54 Å². The second kappa shape index (κ2) is 10.2. The number of benzene rings is 2. The molecule has 0 unspecified atom stereocenters. The molecule has 3 heterocycles. The second-order valence-electron chi connectivity index (χ2n) is 9.41.